The number of nitrogens with two attached hydrogens (primary N) is 1. The van der Waals surface area contributed by atoms with Crippen molar-refractivity contribution >= 4 is 16.6 Å². The summed E-state index contributed by atoms with van der Waals surface area (Å²) in [6.07, 6.45) is 0.938. The molecule has 0 aliphatic heterocycles. The summed E-state index contributed by atoms with van der Waals surface area (Å²) >= 11 is 0. The fourth-order valence-corrected chi connectivity index (χ4v) is 1.90. The van der Waals surface area contributed by atoms with E-state index in [1.807, 2.05) is 19.1 Å². The van der Waals surface area contributed by atoms with Crippen molar-refractivity contribution in [1.29, 1.82) is 0 Å². The highest BCUT2D eigenvalue weighted by molar-refractivity contribution is 5.93. The van der Waals surface area contributed by atoms with Gasteiger partial charge in [0.2, 0.25) is 0 Å². The summed E-state index contributed by atoms with van der Waals surface area (Å²) in [6, 6.07) is 8.16. The van der Waals surface area contributed by atoms with Gasteiger partial charge in [-0.3, -0.25) is 0 Å². The molecule has 1 aromatic carbocycles. The smallest absolute Gasteiger partial charge is 0.157 e. The number of benzene rings is 1. The van der Waals surface area contributed by atoms with E-state index in [-0.39, 0.29) is 5.54 Å². The van der Waals surface area contributed by atoms with E-state index in [9.17, 15) is 0 Å². The molecule has 1 aromatic heterocycles. The Morgan fingerprint density at radius 3 is 2.50 bits per heavy atom. The summed E-state index contributed by atoms with van der Waals surface area (Å²) < 4.78 is 0. The van der Waals surface area contributed by atoms with E-state index in [0.717, 1.165) is 28.7 Å². The first kappa shape index (κ1) is 12.8. The molecule has 0 saturated heterocycles. The maximum atomic E-state index is 5.83. The Hall–Kier alpha value is -1.68. The first-order chi connectivity index (χ1) is 8.59. The van der Waals surface area contributed by atoms with Crippen LogP contribution in [0.15, 0.2) is 24.3 Å². The molecule has 0 fully saturated rings. The SMILES string of the molecule is CCC(C)(CN)Nc1nnc(C)c2ccccc12. The van der Waals surface area contributed by atoms with Gasteiger partial charge in [0.25, 0.3) is 0 Å². The van der Waals surface area contributed by atoms with Gasteiger partial charge in [0, 0.05) is 22.9 Å². The number of hydrogen-bond acceptors (Lipinski definition) is 4. The molecule has 4 heteroatoms. The maximum Gasteiger partial charge on any atom is 0.157 e. The van der Waals surface area contributed by atoms with Gasteiger partial charge in [0.15, 0.2) is 5.82 Å². The number of anilines is 1. The van der Waals surface area contributed by atoms with Crippen LogP contribution in [-0.2, 0) is 0 Å². The molecule has 2 aromatic rings. The molecule has 3 N–H and O–H groups in total. The van der Waals surface area contributed by atoms with Crippen LogP contribution in [0.1, 0.15) is 26.0 Å². The summed E-state index contributed by atoms with van der Waals surface area (Å²) in [4.78, 5) is 0. The Bertz CT molecular complexity index is 546. The Kier molecular flexibility index (Phi) is 3.48. The van der Waals surface area contributed by atoms with Gasteiger partial charge in [0.1, 0.15) is 0 Å². The molecule has 96 valence electrons. The van der Waals surface area contributed by atoms with Gasteiger partial charge in [-0.15, -0.1) is 5.10 Å². The molecule has 0 radical (unpaired) electrons. The second-order valence-corrected chi connectivity index (χ2v) is 4.92. The fraction of sp³-hybridized carbons (Fsp3) is 0.429. The number of nitrogens with zero attached hydrogens (tertiary/aromatic N) is 2. The molecule has 1 unspecified atom stereocenters. The highest BCUT2D eigenvalue weighted by Gasteiger charge is 2.21. The summed E-state index contributed by atoms with van der Waals surface area (Å²) in [5.74, 6) is 0.811. The van der Waals surface area contributed by atoms with E-state index in [1.54, 1.807) is 0 Å². The van der Waals surface area contributed by atoms with Crippen molar-refractivity contribution in [2.24, 2.45) is 5.73 Å². The van der Waals surface area contributed by atoms with Gasteiger partial charge in [0.05, 0.1) is 5.69 Å². The molecule has 4 nitrogen and oxygen atoms in total. The van der Waals surface area contributed by atoms with Crippen LogP contribution in [0, 0.1) is 6.92 Å². The van der Waals surface area contributed by atoms with Gasteiger partial charge >= 0.3 is 0 Å². The van der Waals surface area contributed by atoms with Gasteiger partial charge < -0.3 is 11.1 Å². The standard InChI is InChI=1S/C14H20N4/c1-4-14(3,9-15)16-13-12-8-6-5-7-11(12)10(2)17-18-13/h5-8H,4,9,15H2,1-3H3,(H,16,18). The van der Waals surface area contributed by atoms with E-state index in [0.29, 0.717) is 6.54 Å². The van der Waals surface area contributed by atoms with Crippen LogP contribution in [-0.4, -0.2) is 22.3 Å². The molecule has 0 aliphatic rings. The fourth-order valence-electron chi connectivity index (χ4n) is 1.90. The molecular formula is C14H20N4. The molecule has 0 spiro atoms. The average Bonchev–Trinajstić information content (AvgIpc) is 2.42. The van der Waals surface area contributed by atoms with Crippen molar-refractivity contribution in [3.05, 3.63) is 30.0 Å². The number of hydrogen-bond donors (Lipinski definition) is 2. The minimum absolute atomic E-state index is 0.146. The maximum absolute atomic E-state index is 5.83. The third-order valence-corrected chi connectivity index (χ3v) is 3.52. The summed E-state index contributed by atoms with van der Waals surface area (Å²) in [5.41, 5.74) is 6.63. The van der Waals surface area contributed by atoms with Crippen LogP contribution in [0.5, 0.6) is 0 Å². The van der Waals surface area contributed by atoms with Gasteiger partial charge in [-0.1, -0.05) is 31.2 Å². The molecule has 0 saturated carbocycles. The van der Waals surface area contributed by atoms with E-state index < -0.39 is 0 Å². The second kappa shape index (κ2) is 4.90. The van der Waals surface area contributed by atoms with E-state index >= 15 is 0 Å². The predicted molar refractivity (Wildman–Crippen MR) is 75.6 cm³/mol. The zero-order chi connectivity index (χ0) is 13.2. The summed E-state index contributed by atoms with van der Waals surface area (Å²) in [5, 5.41) is 14.1. The van der Waals surface area contributed by atoms with Gasteiger partial charge in [-0.05, 0) is 20.3 Å². The molecule has 0 amide bonds. The zero-order valence-corrected chi connectivity index (χ0v) is 11.2. The molecule has 2 rings (SSSR count). The van der Waals surface area contributed by atoms with E-state index in [1.165, 1.54) is 0 Å². The van der Waals surface area contributed by atoms with E-state index in [4.69, 9.17) is 5.73 Å². The molecule has 18 heavy (non-hydrogen) atoms. The number of aryl methyl sites for hydroxylation is 1. The highest BCUT2D eigenvalue weighted by atomic mass is 15.2. The number of nitrogens with one attached hydrogen (secondary N) is 1. The zero-order valence-electron chi connectivity index (χ0n) is 11.2. The average molecular weight is 244 g/mol. The Labute approximate surface area is 108 Å². The lowest BCUT2D eigenvalue weighted by molar-refractivity contribution is 0.504. The Morgan fingerprint density at radius 1 is 1.22 bits per heavy atom. The van der Waals surface area contributed by atoms with Crippen LogP contribution in [0.3, 0.4) is 0 Å². The lowest BCUT2D eigenvalue weighted by Gasteiger charge is -2.28. The van der Waals surface area contributed by atoms with Crippen molar-refractivity contribution in [3.63, 3.8) is 0 Å². The van der Waals surface area contributed by atoms with Gasteiger partial charge in [-0.25, -0.2) is 0 Å². The minimum atomic E-state index is -0.146. The molecular weight excluding hydrogens is 224 g/mol. The van der Waals surface area contributed by atoms with Gasteiger partial charge in [-0.2, -0.15) is 5.10 Å². The predicted octanol–water partition coefficient (Wildman–Crippen LogP) is 2.48. The van der Waals surface area contributed by atoms with Crippen molar-refractivity contribution in [2.45, 2.75) is 32.7 Å². The summed E-state index contributed by atoms with van der Waals surface area (Å²) in [6.45, 7) is 6.75. The lowest BCUT2D eigenvalue weighted by atomic mass is 9.99. The third kappa shape index (κ3) is 2.29. The highest BCUT2D eigenvalue weighted by Crippen LogP contribution is 2.25. The number of fused-ring (bicyclic) bond motifs is 1. The first-order valence-electron chi connectivity index (χ1n) is 6.30. The van der Waals surface area contributed by atoms with Crippen molar-refractivity contribution in [2.75, 3.05) is 11.9 Å². The summed E-state index contributed by atoms with van der Waals surface area (Å²) in [7, 11) is 0. The first-order valence-corrected chi connectivity index (χ1v) is 6.30. The van der Waals surface area contributed by atoms with Crippen LogP contribution >= 0.6 is 0 Å². The van der Waals surface area contributed by atoms with E-state index in [2.05, 4.69) is 41.5 Å². The van der Waals surface area contributed by atoms with Crippen LogP contribution in [0.25, 0.3) is 10.8 Å². The molecule has 0 bridgehead atoms. The van der Waals surface area contributed by atoms with Crippen LogP contribution < -0.4 is 11.1 Å². The molecule has 0 aliphatic carbocycles. The Morgan fingerprint density at radius 2 is 1.89 bits per heavy atom. The lowest BCUT2D eigenvalue weighted by Crippen LogP contribution is -2.42. The monoisotopic (exact) mass is 244 g/mol. The van der Waals surface area contributed by atoms with Crippen molar-refractivity contribution in [1.82, 2.24) is 10.2 Å². The number of rotatable bonds is 4. The van der Waals surface area contributed by atoms with Crippen LogP contribution in [0.2, 0.25) is 0 Å². The molecule has 1 atom stereocenters. The second-order valence-electron chi connectivity index (χ2n) is 4.92. The quantitative estimate of drug-likeness (QED) is 0.867. The van der Waals surface area contributed by atoms with Crippen molar-refractivity contribution in [3.8, 4) is 0 Å². The topological polar surface area (TPSA) is 63.8 Å². The number of aromatic nitrogens is 2. The minimum Gasteiger partial charge on any atom is -0.362 e. The molecule has 1 heterocycles. The largest absolute Gasteiger partial charge is 0.362 e. The third-order valence-electron chi connectivity index (χ3n) is 3.52. The normalized spacial score (nSPS) is 14.4. The Balaban J connectivity index is 2.49. The van der Waals surface area contributed by atoms with Crippen molar-refractivity contribution < 1.29 is 0 Å². The van der Waals surface area contributed by atoms with Crippen LogP contribution in [0.4, 0.5) is 5.82 Å².